The van der Waals surface area contributed by atoms with E-state index in [9.17, 15) is 4.79 Å². The molecule has 3 rings (SSSR count). The summed E-state index contributed by atoms with van der Waals surface area (Å²) in [4.78, 5) is 16.8. The van der Waals surface area contributed by atoms with E-state index in [4.69, 9.17) is 9.47 Å². The van der Waals surface area contributed by atoms with Gasteiger partial charge in [-0.3, -0.25) is 10.1 Å². The summed E-state index contributed by atoms with van der Waals surface area (Å²) in [6, 6.07) is 12.8. The van der Waals surface area contributed by atoms with Gasteiger partial charge >= 0.3 is 0 Å². The summed E-state index contributed by atoms with van der Waals surface area (Å²) >= 11 is 1.41. The van der Waals surface area contributed by atoms with E-state index < -0.39 is 0 Å². The smallest absolute Gasteiger partial charge is 0.257 e. The van der Waals surface area contributed by atoms with Crippen molar-refractivity contribution in [3.8, 4) is 11.5 Å². The number of fused-ring (bicyclic) bond motifs is 1. The highest BCUT2D eigenvalue weighted by Crippen LogP contribution is 2.32. The standard InChI is InChI=1S/C17H16N2O3S/c1-3-22-12-7-4-6-11(10-12)16(20)19-17-18-15-13(21-2)8-5-9-14(15)23-17/h4-10H,3H2,1-2H3,(H,18,19,20). The number of para-hydroxylation sites is 1. The predicted molar refractivity (Wildman–Crippen MR) is 91.7 cm³/mol. The van der Waals surface area contributed by atoms with Gasteiger partial charge in [0, 0.05) is 5.56 Å². The van der Waals surface area contributed by atoms with Gasteiger partial charge in [0.15, 0.2) is 5.13 Å². The van der Waals surface area contributed by atoms with Gasteiger partial charge in [0.1, 0.15) is 17.0 Å². The number of benzene rings is 2. The fourth-order valence-corrected chi connectivity index (χ4v) is 3.08. The third-order valence-corrected chi connectivity index (χ3v) is 4.17. The third kappa shape index (κ3) is 3.27. The van der Waals surface area contributed by atoms with Gasteiger partial charge in [-0.25, -0.2) is 4.98 Å². The largest absolute Gasteiger partial charge is 0.494 e. The van der Waals surface area contributed by atoms with Crippen LogP contribution < -0.4 is 14.8 Å². The lowest BCUT2D eigenvalue weighted by Gasteiger charge is -2.05. The van der Waals surface area contributed by atoms with Gasteiger partial charge in [-0.1, -0.05) is 23.5 Å². The lowest BCUT2D eigenvalue weighted by molar-refractivity contribution is 0.102. The van der Waals surface area contributed by atoms with Crippen molar-refractivity contribution >= 4 is 32.6 Å². The predicted octanol–water partition coefficient (Wildman–Crippen LogP) is 3.96. The highest BCUT2D eigenvalue weighted by Gasteiger charge is 2.12. The lowest BCUT2D eigenvalue weighted by Crippen LogP contribution is -2.11. The second-order valence-corrected chi connectivity index (χ2v) is 5.77. The second-order valence-electron chi connectivity index (χ2n) is 4.74. The van der Waals surface area contributed by atoms with Gasteiger partial charge in [-0.2, -0.15) is 0 Å². The SMILES string of the molecule is CCOc1cccc(C(=O)Nc2nc3c(OC)cccc3s2)c1. The summed E-state index contributed by atoms with van der Waals surface area (Å²) in [5, 5.41) is 3.36. The Balaban J connectivity index is 1.84. The van der Waals surface area contributed by atoms with Crippen LogP contribution in [0.2, 0.25) is 0 Å². The molecule has 1 aromatic heterocycles. The molecule has 2 aromatic carbocycles. The highest BCUT2D eigenvalue weighted by atomic mass is 32.1. The molecule has 0 saturated carbocycles. The number of methoxy groups -OCH3 is 1. The number of rotatable bonds is 5. The molecule has 0 aliphatic carbocycles. The first-order valence-corrected chi connectivity index (χ1v) is 8.00. The minimum atomic E-state index is -0.218. The zero-order valence-electron chi connectivity index (χ0n) is 12.8. The van der Waals surface area contributed by atoms with E-state index in [0.717, 1.165) is 10.2 Å². The summed E-state index contributed by atoms with van der Waals surface area (Å²) in [6.07, 6.45) is 0. The van der Waals surface area contributed by atoms with E-state index in [1.54, 1.807) is 25.3 Å². The number of carbonyl (C=O) groups excluding carboxylic acids is 1. The monoisotopic (exact) mass is 328 g/mol. The number of ether oxygens (including phenoxy) is 2. The van der Waals surface area contributed by atoms with Crippen LogP contribution in [0.5, 0.6) is 11.5 Å². The average Bonchev–Trinajstić information content (AvgIpc) is 2.97. The normalized spacial score (nSPS) is 10.5. The quantitative estimate of drug-likeness (QED) is 0.770. The van der Waals surface area contributed by atoms with Gasteiger partial charge in [0.2, 0.25) is 0 Å². The number of thiazole rings is 1. The van der Waals surface area contributed by atoms with Crippen LogP contribution >= 0.6 is 11.3 Å². The van der Waals surface area contributed by atoms with Crippen LogP contribution in [-0.2, 0) is 0 Å². The molecule has 0 aliphatic rings. The Labute approximate surface area is 137 Å². The number of hydrogen-bond acceptors (Lipinski definition) is 5. The lowest BCUT2D eigenvalue weighted by atomic mass is 10.2. The molecular formula is C17H16N2O3S. The molecule has 0 aliphatic heterocycles. The van der Waals surface area contributed by atoms with Gasteiger partial charge in [-0.05, 0) is 37.3 Å². The first-order valence-electron chi connectivity index (χ1n) is 7.19. The Kier molecular flexibility index (Phi) is 4.43. The van der Waals surface area contributed by atoms with Gasteiger partial charge in [0.05, 0.1) is 18.4 Å². The molecule has 0 saturated heterocycles. The van der Waals surface area contributed by atoms with Crippen molar-refractivity contribution in [2.24, 2.45) is 0 Å². The van der Waals surface area contributed by atoms with Crippen molar-refractivity contribution in [3.05, 3.63) is 48.0 Å². The van der Waals surface area contributed by atoms with Crippen LogP contribution in [0.25, 0.3) is 10.2 Å². The molecule has 1 N–H and O–H groups in total. The zero-order valence-corrected chi connectivity index (χ0v) is 13.6. The maximum Gasteiger partial charge on any atom is 0.257 e. The minimum absolute atomic E-state index is 0.218. The molecule has 0 radical (unpaired) electrons. The molecule has 0 atom stereocenters. The van der Waals surface area contributed by atoms with E-state index in [2.05, 4.69) is 10.3 Å². The Morgan fingerprint density at radius 2 is 2.09 bits per heavy atom. The fourth-order valence-electron chi connectivity index (χ4n) is 2.20. The number of nitrogens with one attached hydrogen (secondary N) is 1. The van der Waals surface area contributed by atoms with Gasteiger partial charge < -0.3 is 9.47 Å². The molecule has 1 amide bonds. The molecule has 6 heteroatoms. The fraction of sp³-hybridized carbons (Fsp3) is 0.176. The minimum Gasteiger partial charge on any atom is -0.494 e. The Hall–Kier alpha value is -2.60. The molecule has 5 nitrogen and oxygen atoms in total. The van der Waals surface area contributed by atoms with Crippen LogP contribution in [0.1, 0.15) is 17.3 Å². The van der Waals surface area contributed by atoms with E-state index in [1.807, 2.05) is 31.2 Å². The summed E-state index contributed by atoms with van der Waals surface area (Å²) in [5.74, 6) is 1.15. The average molecular weight is 328 g/mol. The maximum atomic E-state index is 12.4. The van der Waals surface area contributed by atoms with E-state index in [0.29, 0.717) is 28.8 Å². The second kappa shape index (κ2) is 6.66. The van der Waals surface area contributed by atoms with Crippen molar-refractivity contribution in [1.29, 1.82) is 0 Å². The number of amides is 1. The van der Waals surface area contributed by atoms with Gasteiger partial charge in [0.25, 0.3) is 5.91 Å². The molecular weight excluding hydrogens is 312 g/mol. The zero-order chi connectivity index (χ0) is 16.2. The van der Waals surface area contributed by atoms with E-state index >= 15 is 0 Å². The van der Waals surface area contributed by atoms with Crippen LogP contribution in [0, 0.1) is 0 Å². The molecule has 3 aromatic rings. The summed E-state index contributed by atoms with van der Waals surface area (Å²) < 4.78 is 11.7. The van der Waals surface area contributed by atoms with Crippen molar-refractivity contribution in [1.82, 2.24) is 4.98 Å². The van der Waals surface area contributed by atoms with Crippen molar-refractivity contribution < 1.29 is 14.3 Å². The topological polar surface area (TPSA) is 60.5 Å². The number of nitrogens with zero attached hydrogens (tertiary/aromatic N) is 1. The highest BCUT2D eigenvalue weighted by molar-refractivity contribution is 7.22. The molecule has 0 unspecified atom stereocenters. The Morgan fingerprint density at radius 1 is 1.26 bits per heavy atom. The Morgan fingerprint density at radius 3 is 2.87 bits per heavy atom. The van der Waals surface area contributed by atoms with E-state index in [-0.39, 0.29) is 5.91 Å². The summed E-state index contributed by atoms with van der Waals surface area (Å²) in [5.41, 5.74) is 1.28. The van der Waals surface area contributed by atoms with E-state index in [1.165, 1.54) is 11.3 Å². The molecule has 0 fully saturated rings. The molecule has 23 heavy (non-hydrogen) atoms. The molecule has 1 heterocycles. The van der Waals surface area contributed by atoms with Crippen molar-refractivity contribution in [2.45, 2.75) is 6.92 Å². The number of anilines is 1. The Bertz CT molecular complexity index is 845. The van der Waals surface area contributed by atoms with Gasteiger partial charge in [-0.15, -0.1) is 0 Å². The van der Waals surface area contributed by atoms with Crippen LogP contribution in [0.4, 0.5) is 5.13 Å². The van der Waals surface area contributed by atoms with Crippen molar-refractivity contribution in [3.63, 3.8) is 0 Å². The van der Waals surface area contributed by atoms with Crippen LogP contribution in [-0.4, -0.2) is 24.6 Å². The van der Waals surface area contributed by atoms with Crippen LogP contribution in [0.3, 0.4) is 0 Å². The number of aromatic nitrogens is 1. The number of carbonyl (C=O) groups is 1. The molecule has 0 spiro atoms. The summed E-state index contributed by atoms with van der Waals surface area (Å²) in [7, 11) is 1.60. The number of hydrogen-bond donors (Lipinski definition) is 1. The van der Waals surface area contributed by atoms with Crippen LogP contribution in [0.15, 0.2) is 42.5 Å². The molecule has 0 bridgehead atoms. The maximum absolute atomic E-state index is 12.4. The summed E-state index contributed by atoms with van der Waals surface area (Å²) in [6.45, 7) is 2.46. The molecule has 118 valence electrons. The first kappa shape index (κ1) is 15.3. The first-order chi connectivity index (χ1) is 11.2. The third-order valence-electron chi connectivity index (χ3n) is 3.23. The van der Waals surface area contributed by atoms with Crippen molar-refractivity contribution in [2.75, 3.05) is 19.0 Å².